The molecule has 0 atom stereocenters. The molecule has 7 heteroatoms. The maximum atomic E-state index is 12.5. The fourth-order valence-corrected chi connectivity index (χ4v) is 2.27. The number of aryl methyl sites for hydroxylation is 1. The first-order chi connectivity index (χ1) is 12.1. The molecule has 0 radical (unpaired) electrons. The maximum Gasteiger partial charge on any atom is 0.412 e. The molecule has 0 saturated heterocycles. The summed E-state index contributed by atoms with van der Waals surface area (Å²) in [5.41, 5.74) is 1.32. The van der Waals surface area contributed by atoms with Crippen LogP contribution in [0.1, 0.15) is 52.0 Å². The molecule has 2 rings (SSSR count). The summed E-state index contributed by atoms with van der Waals surface area (Å²) in [6.07, 6.45) is 4.58. The Hall–Kier alpha value is -2.70. The Morgan fingerprint density at radius 1 is 1.27 bits per heavy atom. The van der Waals surface area contributed by atoms with Gasteiger partial charge in [0, 0.05) is 30.4 Å². The smallest absolute Gasteiger partial charge is 0.412 e. The summed E-state index contributed by atoms with van der Waals surface area (Å²) in [5, 5.41) is 2.65. The van der Waals surface area contributed by atoms with Gasteiger partial charge in [-0.3, -0.25) is 15.1 Å². The predicted octanol–water partition coefficient (Wildman–Crippen LogP) is 4.15. The number of aromatic nitrogens is 3. The molecule has 0 bridgehead atoms. The molecule has 1 amide bonds. The van der Waals surface area contributed by atoms with Crippen molar-refractivity contribution >= 4 is 17.6 Å². The quantitative estimate of drug-likeness (QED) is 0.811. The summed E-state index contributed by atoms with van der Waals surface area (Å²) >= 11 is 0. The molecule has 1 N–H and O–H groups in total. The number of nitrogens with one attached hydrogen (secondary N) is 1. The zero-order valence-electron chi connectivity index (χ0n) is 16.2. The van der Waals surface area contributed by atoms with Gasteiger partial charge in [0.05, 0.1) is 17.7 Å². The lowest BCUT2D eigenvalue weighted by Gasteiger charge is -2.20. The summed E-state index contributed by atoms with van der Waals surface area (Å²) < 4.78 is 7.23. The van der Waals surface area contributed by atoms with Crippen molar-refractivity contribution in [2.24, 2.45) is 5.92 Å². The number of carbonyl (C=O) groups excluding carboxylic acids is 2. The number of rotatable bonds is 5. The van der Waals surface area contributed by atoms with Crippen molar-refractivity contribution in [1.29, 1.82) is 0 Å². The number of imidazole rings is 1. The molecule has 0 aliphatic carbocycles. The van der Waals surface area contributed by atoms with Gasteiger partial charge in [0.15, 0.2) is 5.78 Å². The number of ketones is 1. The molecular formula is C19H26N4O3. The number of Topliss-reactive ketones (excluding diaryl/α,β-unsaturated/α-hetero) is 1. The Balaban J connectivity index is 2.40. The first-order valence-electron chi connectivity index (χ1n) is 8.67. The van der Waals surface area contributed by atoms with E-state index < -0.39 is 11.7 Å². The predicted molar refractivity (Wildman–Crippen MR) is 100 cm³/mol. The van der Waals surface area contributed by atoms with Crippen molar-refractivity contribution in [3.63, 3.8) is 0 Å². The van der Waals surface area contributed by atoms with Crippen LogP contribution < -0.4 is 5.32 Å². The van der Waals surface area contributed by atoms with Crippen molar-refractivity contribution in [3.05, 3.63) is 30.5 Å². The molecular weight excluding hydrogens is 332 g/mol. The van der Waals surface area contributed by atoms with Gasteiger partial charge < -0.3 is 9.30 Å². The molecule has 2 aromatic rings. The Morgan fingerprint density at radius 2 is 1.96 bits per heavy atom. The molecule has 2 aromatic heterocycles. The molecule has 7 nitrogen and oxygen atoms in total. The standard InChI is InChI=1S/C19H26N4O3/c1-7-23-10-15(21-11-23)13-8-14(22-18(25)26-19(4,5)6)16(20-9-13)17(24)12(2)3/h8-12H,7H2,1-6H3,(H,22,25). The van der Waals surface area contributed by atoms with Crippen LogP contribution >= 0.6 is 0 Å². The highest BCUT2D eigenvalue weighted by Crippen LogP contribution is 2.25. The zero-order chi connectivity index (χ0) is 19.5. The molecule has 0 spiro atoms. The topological polar surface area (TPSA) is 86.1 Å². The third-order valence-corrected chi connectivity index (χ3v) is 3.58. The van der Waals surface area contributed by atoms with E-state index >= 15 is 0 Å². The van der Waals surface area contributed by atoms with Crippen LogP contribution in [0.25, 0.3) is 11.3 Å². The second kappa shape index (κ2) is 7.68. The number of pyridine rings is 1. The van der Waals surface area contributed by atoms with Gasteiger partial charge in [0.2, 0.25) is 0 Å². The van der Waals surface area contributed by atoms with E-state index in [-0.39, 0.29) is 17.4 Å². The first-order valence-corrected chi connectivity index (χ1v) is 8.67. The van der Waals surface area contributed by atoms with Crippen LogP contribution in [0.5, 0.6) is 0 Å². The van der Waals surface area contributed by atoms with Crippen molar-refractivity contribution in [2.75, 3.05) is 5.32 Å². The summed E-state index contributed by atoms with van der Waals surface area (Å²) in [5.74, 6) is -0.395. The second-order valence-corrected chi connectivity index (χ2v) is 7.36. The first kappa shape index (κ1) is 19.6. The number of carbonyl (C=O) groups is 2. The minimum absolute atomic E-state index is 0.151. The van der Waals surface area contributed by atoms with E-state index in [2.05, 4.69) is 15.3 Å². The molecule has 2 heterocycles. The maximum absolute atomic E-state index is 12.5. The minimum atomic E-state index is -0.642. The van der Waals surface area contributed by atoms with Crippen molar-refractivity contribution in [1.82, 2.24) is 14.5 Å². The van der Waals surface area contributed by atoms with Crippen LogP contribution in [0, 0.1) is 5.92 Å². The van der Waals surface area contributed by atoms with Gasteiger partial charge in [-0.15, -0.1) is 0 Å². The fourth-order valence-electron chi connectivity index (χ4n) is 2.27. The third kappa shape index (κ3) is 4.91. The van der Waals surface area contributed by atoms with Crippen LogP contribution in [0.3, 0.4) is 0 Å². The largest absolute Gasteiger partial charge is 0.444 e. The van der Waals surface area contributed by atoms with E-state index in [0.29, 0.717) is 11.3 Å². The van der Waals surface area contributed by atoms with E-state index in [1.54, 1.807) is 53.2 Å². The van der Waals surface area contributed by atoms with Gasteiger partial charge in [0.25, 0.3) is 0 Å². The molecule has 0 aliphatic heterocycles. The van der Waals surface area contributed by atoms with Crippen LogP contribution in [0.4, 0.5) is 10.5 Å². The van der Waals surface area contributed by atoms with E-state index in [1.807, 2.05) is 17.7 Å². The van der Waals surface area contributed by atoms with E-state index in [4.69, 9.17) is 4.74 Å². The van der Waals surface area contributed by atoms with Crippen molar-refractivity contribution in [2.45, 2.75) is 53.7 Å². The molecule has 0 fully saturated rings. The van der Waals surface area contributed by atoms with E-state index in [1.165, 1.54) is 0 Å². The van der Waals surface area contributed by atoms with Gasteiger partial charge in [-0.1, -0.05) is 13.8 Å². The van der Waals surface area contributed by atoms with E-state index in [0.717, 1.165) is 12.2 Å². The van der Waals surface area contributed by atoms with Gasteiger partial charge in [0.1, 0.15) is 11.3 Å². The van der Waals surface area contributed by atoms with E-state index in [9.17, 15) is 9.59 Å². The van der Waals surface area contributed by atoms with Crippen LogP contribution in [0.15, 0.2) is 24.8 Å². The van der Waals surface area contributed by atoms with Gasteiger partial charge in [-0.25, -0.2) is 9.78 Å². The van der Waals surface area contributed by atoms with Crippen molar-refractivity contribution < 1.29 is 14.3 Å². The molecule has 0 unspecified atom stereocenters. The Bertz CT molecular complexity index is 803. The summed E-state index contributed by atoms with van der Waals surface area (Å²) in [6, 6.07) is 1.70. The Kier molecular flexibility index (Phi) is 5.79. The highest BCUT2D eigenvalue weighted by Gasteiger charge is 2.22. The minimum Gasteiger partial charge on any atom is -0.444 e. The van der Waals surface area contributed by atoms with Crippen molar-refractivity contribution in [3.8, 4) is 11.3 Å². The molecule has 0 aromatic carbocycles. The number of hydrogen-bond acceptors (Lipinski definition) is 5. The zero-order valence-corrected chi connectivity index (χ0v) is 16.2. The molecule has 26 heavy (non-hydrogen) atoms. The Labute approximate surface area is 153 Å². The normalized spacial score (nSPS) is 11.5. The average Bonchev–Trinajstić information content (AvgIpc) is 3.01. The number of nitrogens with zero attached hydrogens (tertiary/aromatic N) is 3. The van der Waals surface area contributed by atoms with Crippen LogP contribution in [-0.4, -0.2) is 32.0 Å². The second-order valence-electron chi connectivity index (χ2n) is 7.36. The fraction of sp³-hybridized carbons (Fsp3) is 0.474. The van der Waals surface area contributed by atoms with Gasteiger partial charge >= 0.3 is 6.09 Å². The SMILES string of the molecule is CCn1cnc(-c2cnc(C(=O)C(C)C)c(NC(=O)OC(C)(C)C)c2)c1. The average molecular weight is 358 g/mol. The Morgan fingerprint density at radius 3 is 2.50 bits per heavy atom. The lowest BCUT2D eigenvalue weighted by Crippen LogP contribution is -2.28. The monoisotopic (exact) mass is 358 g/mol. The van der Waals surface area contributed by atoms with Crippen LogP contribution in [-0.2, 0) is 11.3 Å². The summed E-state index contributed by atoms with van der Waals surface area (Å²) in [6.45, 7) is 11.7. The molecule has 0 aliphatic rings. The highest BCUT2D eigenvalue weighted by molar-refractivity contribution is 6.03. The summed E-state index contributed by atoms with van der Waals surface area (Å²) in [7, 11) is 0. The lowest BCUT2D eigenvalue weighted by molar-refractivity contribution is 0.0636. The highest BCUT2D eigenvalue weighted by atomic mass is 16.6. The molecule has 140 valence electrons. The van der Waals surface area contributed by atoms with Gasteiger partial charge in [-0.2, -0.15) is 0 Å². The number of hydrogen-bond donors (Lipinski definition) is 1. The third-order valence-electron chi connectivity index (χ3n) is 3.58. The molecule has 0 saturated carbocycles. The van der Waals surface area contributed by atoms with Gasteiger partial charge in [-0.05, 0) is 33.8 Å². The number of anilines is 1. The summed E-state index contributed by atoms with van der Waals surface area (Å²) in [4.78, 5) is 33.3. The van der Waals surface area contributed by atoms with Crippen LogP contribution in [0.2, 0.25) is 0 Å². The number of amides is 1. The lowest BCUT2D eigenvalue weighted by atomic mass is 10.0. The number of ether oxygens (including phenoxy) is 1.